The van der Waals surface area contributed by atoms with Gasteiger partial charge in [-0.3, -0.25) is 9.88 Å². The average Bonchev–Trinajstić information content (AvgIpc) is 3.24. The van der Waals surface area contributed by atoms with Gasteiger partial charge in [-0.15, -0.1) is 0 Å². The van der Waals surface area contributed by atoms with Crippen molar-refractivity contribution in [3.8, 4) is 0 Å². The Labute approximate surface area is 136 Å². The first-order valence-electron chi connectivity index (χ1n) is 8.18. The van der Waals surface area contributed by atoms with Gasteiger partial charge in [-0.1, -0.05) is 13.8 Å². The molecule has 1 saturated carbocycles. The second-order valence-electron chi connectivity index (χ2n) is 7.08. The maximum atomic E-state index is 4.31. The Morgan fingerprint density at radius 3 is 2.86 bits per heavy atom. The smallest absolute Gasteiger partial charge is 0.0410 e. The van der Waals surface area contributed by atoms with E-state index in [1.165, 1.54) is 31.4 Å². The lowest BCUT2D eigenvalue weighted by Crippen LogP contribution is -2.57. The first kappa shape index (κ1) is 15.4. The summed E-state index contributed by atoms with van der Waals surface area (Å²) in [5, 5.41) is 3.80. The van der Waals surface area contributed by atoms with Crippen molar-refractivity contribution in [3.05, 3.63) is 28.5 Å². The van der Waals surface area contributed by atoms with Crippen molar-refractivity contribution >= 4 is 15.9 Å². The molecular weight excluding hydrogens is 326 g/mol. The maximum Gasteiger partial charge on any atom is 0.0410 e. The van der Waals surface area contributed by atoms with Crippen LogP contribution in [-0.4, -0.2) is 35.1 Å². The molecule has 2 unspecified atom stereocenters. The third kappa shape index (κ3) is 4.27. The van der Waals surface area contributed by atoms with Gasteiger partial charge < -0.3 is 5.32 Å². The Morgan fingerprint density at radius 1 is 1.38 bits per heavy atom. The number of aromatic nitrogens is 1. The Morgan fingerprint density at radius 2 is 2.19 bits per heavy atom. The van der Waals surface area contributed by atoms with E-state index in [-0.39, 0.29) is 0 Å². The van der Waals surface area contributed by atoms with E-state index in [0.717, 1.165) is 29.4 Å². The third-order valence-corrected chi connectivity index (χ3v) is 5.08. The van der Waals surface area contributed by atoms with E-state index in [4.69, 9.17) is 0 Å². The molecule has 2 fully saturated rings. The first-order valence-corrected chi connectivity index (χ1v) is 8.98. The van der Waals surface area contributed by atoms with E-state index in [1.807, 2.05) is 12.4 Å². The summed E-state index contributed by atoms with van der Waals surface area (Å²) >= 11 is 3.53. The lowest BCUT2D eigenvalue weighted by Gasteiger charge is -2.41. The van der Waals surface area contributed by atoms with Crippen LogP contribution in [0.3, 0.4) is 0 Å². The number of piperazine rings is 1. The number of nitrogens with one attached hydrogen (secondary N) is 1. The molecule has 3 rings (SSSR count). The standard InChI is InChI=1S/C17H26BrN3/c1-12(2)5-16-9-20-17(14-3-4-14)11-21(16)10-13-6-15(18)8-19-7-13/h6-8,12,14,16-17,20H,3-5,9-11H2,1-2H3. The first-order chi connectivity index (χ1) is 10.1. The van der Waals surface area contributed by atoms with Gasteiger partial charge in [-0.25, -0.2) is 0 Å². The number of hydrogen-bond acceptors (Lipinski definition) is 3. The van der Waals surface area contributed by atoms with Crippen LogP contribution in [0.2, 0.25) is 0 Å². The minimum atomic E-state index is 0.652. The van der Waals surface area contributed by atoms with Crippen molar-refractivity contribution in [2.24, 2.45) is 11.8 Å². The second kappa shape index (κ2) is 6.76. The van der Waals surface area contributed by atoms with Gasteiger partial charge in [0.25, 0.3) is 0 Å². The predicted octanol–water partition coefficient (Wildman–Crippen LogP) is 3.44. The molecule has 1 aliphatic carbocycles. The summed E-state index contributed by atoms with van der Waals surface area (Å²) < 4.78 is 1.08. The highest BCUT2D eigenvalue weighted by Crippen LogP contribution is 2.35. The molecule has 2 aliphatic rings. The molecule has 3 nitrogen and oxygen atoms in total. The minimum absolute atomic E-state index is 0.652. The zero-order valence-electron chi connectivity index (χ0n) is 13.1. The summed E-state index contributed by atoms with van der Waals surface area (Å²) in [6, 6.07) is 3.56. The van der Waals surface area contributed by atoms with E-state index < -0.39 is 0 Å². The third-order valence-electron chi connectivity index (χ3n) is 4.64. The highest BCUT2D eigenvalue weighted by molar-refractivity contribution is 9.10. The molecule has 1 aromatic rings. The van der Waals surface area contributed by atoms with Crippen molar-refractivity contribution in [2.75, 3.05) is 13.1 Å². The fourth-order valence-electron chi connectivity index (χ4n) is 3.44. The fourth-order valence-corrected chi connectivity index (χ4v) is 3.86. The molecule has 0 spiro atoms. The zero-order chi connectivity index (χ0) is 14.8. The second-order valence-corrected chi connectivity index (χ2v) is 7.99. The van der Waals surface area contributed by atoms with Gasteiger partial charge in [0, 0.05) is 48.6 Å². The van der Waals surface area contributed by atoms with E-state index in [1.54, 1.807) is 0 Å². The van der Waals surface area contributed by atoms with Crippen LogP contribution in [0.25, 0.3) is 0 Å². The maximum absolute atomic E-state index is 4.31. The van der Waals surface area contributed by atoms with E-state index >= 15 is 0 Å². The molecule has 21 heavy (non-hydrogen) atoms. The van der Waals surface area contributed by atoms with Crippen LogP contribution in [-0.2, 0) is 6.54 Å². The molecule has 116 valence electrons. The van der Waals surface area contributed by atoms with Crippen LogP contribution in [0.5, 0.6) is 0 Å². The normalized spacial score (nSPS) is 27.2. The number of halogens is 1. The van der Waals surface area contributed by atoms with Gasteiger partial charge in [0.15, 0.2) is 0 Å². The van der Waals surface area contributed by atoms with Gasteiger partial charge in [0.1, 0.15) is 0 Å². The molecule has 0 bridgehead atoms. The van der Waals surface area contributed by atoms with Crippen molar-refractivity contribution in [3.63, 3.8) is 0 Å². The Balaban J connectivity index is 1.69. The minimum Gasteiger partial charge on any atom is -0.311 e. The molecule has 1 aliphatic heterocycles. The lowest BCUT2D eigenvalue weighted by atomic mass is 9.97. The van der Waals surface area contributed by atoms with Crippen molar-refractivity contribution in [1.82, 2.24) is 15.2 Å². The van der Waals surface area contributed by atoms with Crippen LogP contribution in [0.1, 0.15) is 38.7 Å². The summed E-state index contributed by atoms with van der Waals surface area (Å²) in [5.41, 5.74) is 1.31. The van der Waals surface area contributed by atoms with Crippen molar-refractivity contribution in [2.45, 2.75) is 51.7 Å². The van der Waals surface area contributed by atoms with Crippen LogP contribution in [0, 0.1) is 11.8 Å². The summed E-state index contributed by atoms with van der Waals surface area (Å²) in [6.07, 6.45) is 7.97. The van der Waals surface area contributed by atoms with E-state index in [0.29, 0.717) is 12.1 Å². The van der Waals surface area contributed by atoms with Crippen LogP contribution in [0.4, 0.5) is 0 Å². The quantitative estimate of drug-likeness (QED) is 0.880. The Kier molecular flexibility index (Phi) is 4.97. The van der Waals surface area contributed by atoms with E-state index in [2.05, 4.69) is 51.0 Å². The molecule has 0 radical (unpaired) electrons. The fraction of sp³-hybridized carbons (Fsp3) is 0.706. The molecule has 1 N–H and O–H groups in total. The largest absolute Gasteiger partial charge is 0.311 e. The molecule has 1 saturated heterocycles. The molecule has 0 aromatic carbocycles. The molecule has 1 aromatic heterocycles. The van der Waals surface area contributed by atoms with Crippen molar-refractivity contribution < 1.29 is 0 Å². The number of rotatable bonds is 5. The van der Waals surface area contributed by atoms with Gasteiger partial charge in [-0.2, -0.15) is 0 Å². The lowest BCUT2D eigenvalue weighted by molar-refractivity contribution is 0.0998. The van der Waals surface area contributed by atoms with Crippen LogP contribution in [0.15, 0.2) is 22.9 Å². The molecular formula is C17H26BrN3. The summed E-state index contributed by atoms with van der Waals surface area (Å²) in [6.45, 7) is 8.00. The van der Waals surface area contributed by atoms with E-state index in [9.17, 15) is 0 Å². The topological polar surface area (TPSA) is 28.2 Å². The highest BCUT2D eigenvalue weighted by Gasteiger charge is 2.37. The average molecular weight is 352 g/mol. The number of hydrogen-bond donors (Lipinski definition) is 1. The number of nitrogens with zero attached hydrogens (tertiary/aromatic N) is 2. The SMILES string of the molecule is CC(C)CC1CNC(C2CC2)CN1Cc1cncc(Br)c1. The molecule has 2 atom stereocenters. The Bertz CT molecular complexity index is 473. The van der Waals surface area contributed by atoms with Crippen LogP contribution >= 0.6 is 15.9 Å². The molecule has 4 heteroatoms. The summed E-state index contributed by atoms with van der Waals surface area (Å²) in [4.78, 5) is 7.00. The van der Waals surface area contributed by atoms with Crippen LogP contribution < -0.4 is 5.32 Å². The van der Waals surface area contributed by atoms with Gasteiger partial charge >= 0.3 is 0 Å². The number of pyridine rings is 1. The predicted molar refractivity (Wildman–Crippen MR) is 90.1 cm³/mol. The summed E-state index contributed by atoms with van der Waals surface area (Å²) in [5.74, 6) is 1.67. The van der Waals surface area contributed by atoms with Crippen molar-refractivity contribution in [1.29, 1.82) is 0 Å². The molecule has 2 heterocycles. The van der Waals surface area contributed by atoms with Gasteiger partial charge in [-0.05, 0) is 58.7 Å². The van der Waals surface area contributed by atoms with Gasteiger partial charge in [0.05, 0.1) is 0 Å². The zero-order valence-corrected chi connectivity index (χ0v) is 14.6. The van der Waals surface area contributed by atoms with Gasteiger partial charge in [0.2, 0.25) is 0 Å². The highest BCUT2D eigenvalue weighted by atomic mass is 79.9. The summed E-state index contributed by atoms with van der Waals surface area (Å²) in [7, 11) is 0. The molecule has 0 amide bonds. The monoisotopic (exact) mass is 351 g/mol. The Hall–Kier alpha value is -0.450.